The molecule has 0 amide bonds. The minimum atomic E-state index is -4.73. The highest BCUT2D eigenvalue weighted by Gasteiger charge is 2.31. The molecule has 2 aromatic carbocycles. The number of alkyl halides is 3. The van der Waals surface area contributed by atoms with Gasteiger partial charge in [-0.05, 0) is 48.5 Å². The second kappa shape index (κ2) is 6.23. The third-order valence-electron chi connectivity index (χ3n) is 3.11. The molecule has 1 heterocycles. The Morgan fingerprint density at radius 1 is 0.875 bits per heavy atom. The first-order valence-electron chi connectivity index (χ1n) is 6.79. The van der Waals surface area contributed by atoms with E-state index in [0.29, 0.717) is 22.8 Å². The Morgan fingerprint density at radius 3 is 2.04 bits per heavy atom. The molecule has 0 aliphatic carbocycles. The van der Waals surface area contributed by atoms with Crippen LogP contribution in [0.3, 0.4) is 0 Å². The molecule has 0 atom stereocenters. The summed E-state index contributed by atoms with van der Waals surface area (Å²) in [5, 5.41) is 3.83. The molecule has 0 spiro atoms. The standard InChI is InChI=1S/C16H11F3N2O3/c1-22-12-6-4-11(5-7-12)15-20-14(21-24-15)10-2-8-13(9-3-10)23-16(17,18)19/h2-9H,1H3. The zero-order valence-electron chi connectivity index (χ0n) is 12.4. The van der Waals surface area contributed by atoms with Gasteiger partial charge in [-0.1, -0.05) is 5.16 Å². The van der Waals surface area contributed by atoms with Crippen LogP contribution in [-0.4, -0.2) is 23.6 Å². The van der Waals surface area contributed by atoms with Gasteiger partial charge in [-0.3, -0.25) is 0 Å². The Balaban J connectivity index is 1.79. The number of halogens is 3. The minimum absolute atomic E-state index is 0.263. The van der Waals surface area contributed by atoms with Crippen LogP contribution in [0.5, 0.6) is 11.5 Å². The maximum Gasteiger partial charge on any atom is 0.573 e. The smallest absolute Gasteiger partial charge is 0.497 e. The van der Waals surface area contributed by atoms with Gasteiger partial charge < -0.3 is 14.0 Å². The van der Waals surface area contributed by atoms with Crippen molar-refractivity contribution < 1.29 is 27.2 Å². The van der Waals surface area contributed by atoms with Gasteiger partial charge in [0, 0.05) is 11.1 Å². The maximum absolute atomic E-state index is 12.1. The number of nitrogens with zero attached hydrogens (tertiary/aromatic N) is 2. The third kappa shape index (κ3) is 3.65. The van der Waals surface area contributed by atoms with Gasteiger partial charge in [0.15, 0.2) is 0 Å². The highest BCUT2D eigenvalue weighted by atomic mass is 19.4. The summed E-state index contributed by atoms with van der Waals surface area (Å²) in [7, 11) is 1.56. The fourth-order valence-corrected chi connectivity index (χ4v) is 2.00. The molecule has 0 aliphatic rings. The number of rotatable bonds is 4. The van der Waals surface area contributed by atoms with Crippen molar-refractivity contribution >= 4 is 0 Å². The molecule has 0 saturated heterocycles. The molecule has 24 heavy (non-hydrogen) atoms. The molecule has 0 aliphatic heterocycles. The highest BCUT2D eigenvalue weighted by Crippen LogP contribution is 2.27. The number of hydrogen-bond acceptors (Lipinski definition) is 5. The van der Waals surface area contributed by atoms with Crippen LogP contribution in [-0.2, 0) is 0 Å². The number of benzene rings is 2. The Labute approximate surface area is 134 Å². The van der Waals surface area contributed by atoms with Crippen LogP contribution in [0, 0.1) is 0 Å². The van der Waals surface area contributed by atoms with Crippen molar-refractivity contribution in [2.24, 2.45) is 0 Å². The first-order chi connectivity index (χ1) is 11.4. The van der Waals surface area contributed by atoms with Crippen LogP contribution in [0.2, 0.25) is 0 Å². The third-order valence-corrected chi connectivity index (χ3v) is 3.11. The van der Waals surface area contributed by atoms with Crippen LogP contribution in [0.15, 0.2) is 53.1 Å². The predicted octanol–water partition coefficient (Wildman–Crippen LogP) is 4.31. The summed E-state index contributed by atoms with van der Waals surface area (Å²) in [6, 6.07) is 12.2. The summed E-state index contributed by atoms with van der Waals surface area (Å²) in [5.41, 5.74) is 1.21. The van der Waals surface area contributed by atoms with Crippen LogP contribution in [0.1, 0.15) is 0 Å². The van der Waals surface area contributed by atoms with Gasteiger partial charge >= 0.3 is 6.36 Å². The summed E-state index contributed by atoms with van der Waals surface area (Å²) in [6.07, 6.45) is -4.73. The van der Waals surface area contributed by atoms with Gasteiger partial charge in [-0.15, -0.1) is 13.2 Å². The molecular weight excluding hydrogens is 325 g/mol. The van der Waals surface area contributed by atoms with Crippen molar-refractivity contribution in [3.63, 3.8) is 0 Å². The molecule has 0 radical (unpaired) electrons. The maximum atomic E-state index is 12.1. The van der Waals surface area contributed by atoms with Gasteiger partial charge in [0.2, 0.25) is 5.82 Å². The lowest BCUT2D eigenvalue weighted by molar-refractivity contribution is -0.274. The van der Waals surface area contributed by atoms with E-state index in [2.05, 4.69) is 14.9 Å². The summed E-state index contributed by atoms with van der Waals surface area (Å²) in [5.74, 6) is 0.937. The molecule has 3 rings (SSSR count). The van der Waals surface area contributed by atoms with E-state index < -0.39 is 6.36 Å². The highest BCUT2D eigenvalue weighted by molar-refractivity contribution is 5.60. The molecule has 0 N–H and O–H groups in total. The predicted molar refractivity (Wildman–Crippen MR) is 78.4 cm³/mol. The number of hydrogen-bond donors (Lipinski definition) is 0. The number of ether oxygens (including phenoxy) is 2. The molecule has 0 saturated carbocycles. The Hall–Kier alpha value is -3.03. The average Bonchev–Trinajstić information content (AvgIpc) is 3.04. The molecule has 0 bridgehead atoms. The second-order valence-electron chi connectivity index (χ2n) is 4.72. The Bertz CT molecular complexity index is 812. The monoisotopic (exact) mass is 336 g/mol. The molecule has 0 fully saturated rings. The Morgan fingerprint density at radius 2 is 1.46 bits per heavy atom. The lowest BCUT2D eigenvalue weighted by Crippen LogP contribution is -2.16. The van der Waals surface area contributed by atoms with Crippen LogP contribution < -0.4 is 9.47 Å². The minimum Gasteiger partial charge on any atom is -0.497 e. The molecule has 5 nitrogen and oxygen atoms in total. The van der Waals surface area contributed by atoms with Crippen molar-refractivity contribution in [3.05, 3.63) is 48.5 Å². The van der Waals surface area contributed by atoms with Gasteiger partial charge in [0.05, 0.1) is 7.11 Å². The van der Waals surface area contributed by atoms with Crippen LogP contribution >= 0.6 is 0 Å². The lowest BCUT2D eigenvalue weighted by Gasteiger charge is -2.08. The quantitative estimate of drug-likeness (QED) is 0.710. The van der Waals surface area contributed by atoms with Crippen LogP contribution in [0.25, 0.3) is 22.8 Å². The van der Waals surface area contributed by atoms with Crippen molar-refractivity contribution in [3.8, 4) is 34.3 Å². The molecule has 0 unspecified atom stereocenters. The molecule has 124 valence electrons. The van der Waals surface area contributed by atoms with Gasteiger partial charge in [-0.25, -0.2) is 0 Å². The van der Waals surface area contributed by atoms with E-state index in [4.69, 9.17) is 9.26 Å². The van der Waals surface area contributed by atoms with E-state index in [1.54, 1.807) is 31.4 Å². The molecular formula is C16H11F3N2O3. The molecule has 1 aromatic heterocycles. The summed E-state index contributed by atoms with van der Waals surface area (Å²) in [4.78, 5) is 4.23. The van der Waals surface area contributed by atoms with Crippen LogP contribution in [0.4, 0.5) is 13.2 Å². The topological polar surface area (TPSA) is 57.4 Å². The van der Waals surface area contributed by atoms with Crippen molar-refractivity contribution in [2.75, 3.05) is 7.11 Å². The van der Waals surface area contributed by atoms with Gasteiger partial charge in [0.25, 0.3) is 5.89 Å². The van der Waals surface area contributed by atoms with Gasteiger partial charge in [0.1, 0.15) is 11.5 Å². The molecule has 8 heteroatoms. The Kier molecular flexibility index (Phi) is 4.11. The fraction of sp³-hybridized carbons (Fsp3) is 0.125. The van der Waals surface area contributed by atoms with E-state index in [1.807, 2.05) is 0 Å². The normalized spacial score (nSPS) is 11.3. The summed E-state index contributed by atoms with van der Waals surface area (Å²) >= 11 is 0. The first-order valence-corrected chi connectivity index (χ1v) is 6.79. The fourth-order valence-electron chi connectivity index (χ4n) is 2.00. The van der Waals surface area contributed by atoms with Crippen molar-refractivity contribution in [1.29, 1.82) is 0 Å². The van der Waals surface area contributed by atoms with E-state index >= 15 is 0 Å². The van der Waals surface area contributed by atoms with Gasteiger partial charge in [-0.2, -0.15) is 4.98 Å². The zero-order valence-corrected chi connectivity index (χ0v) is 12.4. The van der Waals surface area contributed by atoms with Crippen molar-refractivity contribution in [1.82, 2.24) is 10.1 Å². The SMILES string of the molecule is COc1ccc(-c2nc(-c3ccc(OC(F)(F)F)cc3)no2)cc1. The number of methoxy groups -OCH3 is 1. The summed E-state index contributed by atoms with van der Waals surface area (Å²) < 4.78 is 50.5. The van der Waals surface area contributed by atoms with E-state index in [0.717, 1.165) is 0 Å². The number of aromatic nitrogens is 2. The average molecular weight is 336 g/mol. The molecule has 3 aromatic rings. The van der Waals surface area contributed by atoms with E-state index in [1.165, 1.54) is 24.3 Å². The van der Waals surface area contributed by atoms with Crippen molar-refractivity contribution in [2.45, 2.75) is 6.36 Å². The summed E-state index contributed by atoms with van der Waals surface area (Å²) in [6.45, 7) is 0. The lowest BCUT2D eigenvalue weighted by atomic mass is 10.2. The zero-order chi connectivity index (χ0) is 17.2. The second-order valence-corrected chi connectivity index (χ2v) is 4.72. The van der Waals surface area contributed by atoms with E-state index in [9.17, 15) is 13.2 Å². The largest absolute Gasteiger partial charge is 0.573 e. The first kappa shape index (κ1) is 15.9. The van der Waals surface area contributed by atoms with E-state index in [-0.39, 0.29) is 11.6 Å².